The lowest BCUT2D eigenvalue weighted by molar-refractivity contribution is -0.119. The van der Waals surface area contributed by atoms with Crippen molar-refractivity contribution in [3.05, 3.63) is 35.0 Å². The fourth-order valence-electron chi connectivity index (χ4n) is 2.94. The predicted octanol–water partition coefficient (Wildman–Crippen LogP) is 2.47. The van der Waals surface area contributed by atoms with E-state index in [9.17, 15) is 4.79 Å². The molecule has 3 heteroatoms. The Bertz CT molecular complexity index is 612. The number of amides is 1. The number of hydrogen-bond acceptors (Lipinski definition) is 1. The summed E-state index contributed by atoms with van der Waals surface area (Å²) in [5.41, 5.74) is 5.23. The molecule has 1 aromatic carbocycles. The van der Waals surface area contributed by atoms with Gasteiger partial charge in [0, 0.05) is 29.6 Å². The number of H-pyrrole nitrogens is 1. The number of carbonyl (C=O) groups is 1. The Kier molecular flexibility index (Phi) is 2.62. The van der Waals surface area contributed by atoms with E-state index in [2.05, 4.69) is 35.4 Å². The number of aryl methyl sites for hydroxylation is 2. The molecule has 18 heavy (non-hydrogen) atoms. The van der Waals surface area contributed by atoms with E-state index >= 15 is 0 Å². The molecule has 0 spiro atoms. The summed E-state index contributed by atoms with van der Waals surface area (Å²) in [4.78, 5) is 14.7. The van der Waals surface area contributed by atoms with Crippen LogP contribution in [0.4, 0.5) is 0 Å². The number of aromatic nitrogens is 1. The first kappa shape index (κ1) is 11.3. The number of nitrogens with one attached hydrogen (secondary N) is 2. The topological polar surface area (TPSA) is 44.9 Å². The summed E-state index contributed by atoms with van der Waals surface area (Å²) in [6.45, 7) is 3.71. The lowest BCUT2D eigenvalue weighted by atomic mass is 9.91. The Morgan fingerprint density at radius 3 is 3.06 bits per heavy atom. The molecule has 0 saturated carbocycles. The number of fused-ring (bicyclic) bond motifs is 3. The van der Waals surface area contributed by atoms with Gasteiger partial charge in [-0.15, -0.1) is 0 Å². The van der Waals surface area contributed by atoms with Gasteiger partial charge < -0.3 is 10.3 Å². The van der Waals surface area contributed by atoms with E-state index in [0.29, 0.717) is 0 Å². The standard InChI is InChI=1S/C15H18N2O/c1-9-3-5-14-12(7-9)13-8-11(16-10(2)18)4-6-15(13)17-14/h3,5,7,11,17H,4,6,8H2,1-2H3,(H,16,18). The summed E-state index contributed by atoms with van der Waals surface area (Å²) >= 11 is 0. The van der Waals surface area contributed by atoms with E-state index in [-0.39, 0.29) is 11.9 Å². The van der Waals surface area contributed by atoms with Crippen molar-refractivity contribution in [2.45, 2.75) is 39.2 Å². The van der Waals surface area contributed by atoms with Crippen LogP contribution in [0.2, 0.25) is 0 Å². The van der Waals surface area contributed by atoms with Crippen LogP contribution in [-0.4, -0.2) is 16.9 Å². The SMILES string of the molecule is CC(=O)NC1CCc2[nH]c3ccc(C)cc3c2C1. The average Bonchev–Trinajstić information content (AvgIpc) is 2.66. The molecule has 1 aliphatic carbocycles. The number of hydrogen-bond donors (Lipinski definition) is 2. The van der Waals surface area contributed by atoms with Gasteiger partial charge in [0.05, 0.1) is 0 Å². The Labute approximate surface area is 107 Å². The molecule has 1 amide bonds. The van der Waals surface area contributed by atoms with Gasteiger partial charge in [-0.25, -0.2) is 0 Å². The van der Waals surface area contributed by atoms with Crippen LogP contribution in [0.25, 0.3) is 10.9 Å². The highest BCUT2D eigenvalue weighted by atomic mass is 16.1. The molecule has 0 radical (unpaired) electrons. The zero-order valence-electron chi connectivity index (χ0n) is 10.8. The van der Waals surface area contributed by atoms with Crippen molar-refractivity contribution < 1.29 is 4.79 Å². The third kappa shape index (κ3) is 1.90. The molecule has 3 nitrogen and oxygen atoms in total. The molecular formula is C15H18N2O. The van der Waals surface area contributed by atoms with Gasteiger partial charge in [-0.05, 0) is 43.9 Å². The minimum Gasteiger partial charge on any atom is -0.358 e. The summed E-state index contributed by atoms with van der Waals surface area (Å²) in [6, 6.07) is 6.81. The first-order valence-electron chi connectivity index (χ1n) is 6.50. The van der Waals surface area contributed by atoms with Crippen LogP contribution in [0.1, 0.15) is 30.2 Å². The maximum Gasteiger partial charge on any atom is 0.217 e. The quantitative estimate of drug-likeness (QED) is 0.792. The Hall–Kier alpha value is -1.77. The third-order valence-corrected chi connectivity index (χ3v) is 3.75. The number of rotatable bonds is 1. The van der Waals surface area contributed by atoms with Crippen molar-refractivity contribution in [3.8, 4) is 0 Å². The van der Waals surface area contributed by atoms with Crippen LogP contribution in [0.5, 0.6) is 0 Å². The Balaban J connectivity index is 2.00. The lowest BCUT2D eigenvalue weighted by Gasteiger charge is -2.23. The van der Waals surface area contributed by atoms with Crippen LogP contribution >= 0.6 is 0 Å². The maximum absolute atomic E-state index is 11.2. The predicted molar refractivity (Wildman–Crippen MR) is 72.7 cm³/mol. The molecule has 0 saturated heterocycles. The summed E-state index contributed by atoms with van der Waals surface area (Å²) in [7, 11) is 0. The highest BCUT2D eigenvalue weighted by molar-refractivity contribution is 5.85. The zero-order valence-corrected chi connectivity index (χ0v) is 10.8. The average molecular weight is 242 g/mol. The summed E-state index contributed by atoms with van der Waals surface area (Å²) < 4.78 is 0. The van der Waals surface area contributed by atoms with Gasteiger partial charge >= 0.3 is 0 Å². The lowest BCUT2D eigenvalue weighted by Crippen LogP contribution is -2.37. The molecule has 1 atom stereocenters. The van der Waals surface area contributed by atoms with Crippen LogP contribution in [0, 0.1) is 6.92 Å². The van der Waals surface area contributed by atoms with Gasteiger partial charge in [0.25, 0.3) is 0 Å². The van der Waals surface area contributed by atoms with E-state index in [1.807, 2.05) is 0 Å². The van der Waals surface area contributed by atoms with E-state index in [4.69, 9.17) is 0 Å². The molecule has 0 bridgehead atoms. The summed E-state index contributed by atoms with van der Waals surface area (Å²) in [5, 5.41) is 4.36. The van der Waals surface area contributed by atoms with E-state index in [1.54, 1.807) is 6.92 Å². The summed E-state index contributed by atoms with van der Waals surface area (Å²) in [6.07, 6.45) is 2.99. The molecule has 2 aromatic rings. The second-order valence-electron chi connectivity index (χ2n) is 5.27. The largest absolute Gasteiger partial charge is 0.358 e. The molecular weight excluding hydrogens is 224 g/mol. The first-order valence-corrected chi connectivity index (χ1v) is 6.50. The second kappa shape index (κ2) is 4.16. The zero-order chi connectivity index (χ0) is 12.7. The van der Waals surface area contributed by atoms with Crippen LogP contribution in [0.15, 0.2) is 18.2 Å². The van der Waals surface area contributed by atoms with E-state index < -0.39 is 0 Å². The Morgan fingerprint density at radius 2 is 2.28 bits per heavy atom. The normalized spacial score (nSPS) is 18.7. The highest BCUT2D eigenvalue weighted by Gasteiger charge is 2.22. The molecule has 0 fully saturated rings. The fraction of sp³-hybridized carbons (Fsp3) is 0.400. The molecule has 3 rings (SSSR count). The van der Waals surface area contributed by atoms with Crippen molar-refractivity contribution in [3.63, 3.8) is 0 Å². The van der Waals surface area contributed by atoms with Gasteiger partial charge in [0.15, 0.2) is 0 Å². The van der Waals surface area contributed by atoms with Crippen molar-refractivity contribution in [2.75, 3.05) is 0 Å². The van der Waals surface area contributed by atoms with Gasteiger partial charge in [0.2, 0.25) is 5.91 Å². The van der Waals surface area contributed by atoms with Crippen LogP contribution in [0.3, 0.4) is 0 Å². The fourth-order valence-corrected chi connectivity index (χ4v) is 2.94. The minimum atomic E-state index is 0.0690. The van der Waals surface area contributed by atoms with Crippen molar-refractivity contribution in [1.29, 1.82) is 0 Å². The van der Waals surface area contributed by atoms with Gasteiger partial charge in [-0.1, -0.05) is 11.6 Å². The monoisotopic (exact) mass is 242 g/mol. The van der Waals surface area contributed by atoms with Crippen LogP contribution < -0.4 is 5.32 Å². The van der Waals surface area contributed by atoms with Crippen LogP contribution in [-0.2, 0) is 17.6 Å². The molecule has 1 heterocycles. The number of aromatic amines is 1. The number of carbonyl (C=O) groups excluding carboxylic acids is 1. The molecule has 1 unspecified atom stereocenters. The highest BCUT2D eigenvalue weighted by Crippen LogP contribution is 2.29. The maximum atomic E-state index is 11.2. The Morgan fingerprint density at radius 1 is 1.44 bits per heavy atom. The third-order valence-electron chi connectivity index (χ3n) is 3.75. The van der Waals surface area contributed by atoms with Crippen molar-refractivity contribution >= 4 is 16.8 Å². The summed E-state index contributed by atoms with van der Waals surface area (Å²) in [5.74, 6) is 0.0690. The van der Waals surface area contributed by atoms with Gasteiger partial charge in [-0.3, -0.25) is 4.79 Å². The van der Waals surface area contributed by atoms with E-state index in [0.717, 1.165) is 19.3 Å². The van der Waals surface area contributed by atoms with Crippen molar-refractivity contribution in [2.24, 2.45) is 0 Å². The molecule has 1 aromatic heterocycles. The molecule has 2 N–H and O–H groups in total. The van der Waals surface area contributed by atoms with Gasteiger partial charge in [0.1, 0.15) is 0 Å². The smallest absolute Gasteiger partial charge is 0.217 e. The first-order chi connectivity index (χ1) is 8.63. The van der Waals surface area contributed by atoms with Gasteiger partial charge in [-0.2, -0.15) is 0 Å². The molecule has 1 aliphatic rings. The van der Waals surface area contributed by atoms with E-state index in [1.165, 1.54) is 27.7 Å². The molecule has 94 valence electrons. The minimum absolute atomic E-state index is 0.0690. The molecule has 0 aliphatic heterocycles. The van der Waals surface area contributed by atoms with Crippen molar-refractivity contribution in [1.82, 2.24) is 10.3 Å². The second-order valence-corrected chi connectivity index (χ2v) is 5.27. The number of benzene rings is 1.